The maximum Gasteiger partial charge on any atom is 0.306 e. The number of aromatic nitrogens is 2. The summed E-state index contributed by atoms with van der Waals surface area (Å²) >= 11 is 1.53. The van der Waals surface area contributed by atoms with E-state index in [-0.39, 0.29) is 31.3 Å². The van der Waals surface area contributed by atoms with Crippen LogP contribution < -0.4 is 5.32 Å². The Morgan fingerprint density at radius 1 is 1.41 bits per heavy atom. The Labute approximate surface area is 159 Å². The van der Waals surface area contributed by atoms with E-state index in [9.17, 15) is 14.4 Å². The van der Waals surface area contributed by atoms with Crippen LogP contribution >= 0.6 is 11.3 Å². The van der Waals surface area contributed by atoms with Crippen molar-refractivity contribution in [3.63, 3.8) is 0 Å². The zero-order valence-electron chi connectivity index (χ0n) is 14.8. The van der Waals surface area contributed by atoms with Gasteiger partial charge in [-0.1, -0.05) is 5.16 Å². The number of thiophene rings is 1. The van der Waals surface area contributed by atoms with Crippen LogP contribution in [0.3, 0.4) is 0 Å². The molecule has 2 amide bonds. The van der Waals surface area contributed by atoms with Gasteiger partial charge < -0.3 is 19.5 Å². The number of amides is 2. The van der Waals surface area contributed by atoms with Crippen LogP contribution in [-0.2, 0) is 25.5 Å². The van der Waals surface area contributed by atoms with Crippen molar-refractivity contribution in [2.45, 2.75) is 31.7 Å². The molecule has 0 atom stereocenters. The Morgan fingerprint density at radius 2 is 2.22 bits per heavy atom. The first-order chi connectivity index (χ1) is 13.0. The van der Waals surface area contributed by atoms with Crippen LogP contribution in [0.5, 0.6) is 0 Å². The minimum atomic E-state index is -0.547. The van der Waals surface area contributed by atoms with Crippen LogP contribution in [0.2, 0.25) is 0 Å². The summed E-state index contributed by atoms with van der Waals surface area (Å²) in [6.07, 6.45) is 2.21. The fourth-order valence-corrected chi connectivity index (χ4v) is 2.84. The van der Waals surface area contributed by atoms with E-state index >= 15 is 0 Å². The van der Waals surface area contributed by atoms with Gasteiger partial charge in [0.05, 0.1) is 13.0 Å². The number of esters is 1. The van der Waals surface area contributed by atoms with Crippen LogP contribution in [0.25, 0.3) is 11.4 Å². The molecule has 9 nitrogen and oxygen atoms in total. The minimum Gasteiger partial charge on any atom is -0.456 e. The minimum absolute atomic E-state index is 0.0183. The summed E-state index contributed by atoms with van der Waals surface area (Å²) < 4.78 is 10.0. The van der Waals surface area contributed by atoms with Gasteiger partial charge in [-0.3, -0.25) is 14.4 Å². The molecule has 0 unspecified atom stereocenters. The molecule has 0 saturated heterocycles. The molecule has 1 fully saturated rings. The summed E-state index contributed by atoms with van der Waals surface area (Å²) in [4.78, 5) is 40.8. The number of rotatable bonds is 9. The highest BCUT2D eigenvalue weighted by molar-refractivity contribution is 7.08. The molecule has 2 aromatic rings. The average molecular weight is 392 g/mol. The lowest BCUT2D eigenvalue weighted by atomic mass is 10.3. The van der Waals surface area contributed by atoms with Crippen molar-refractivity contribution in [3.8, 4) is 11.4 Å². The maximum atomic E-state index is 11.9. The summed E-state index contributed by atoms with van der Waals surface area (Å²) in [5, 5.41) is 10.5. The van der Waals surface area contributed by atoms with E-state index in [1.165, 1.54) is 23.3 Å². The predicted octanol–water partition coefficient (Wildman–Crippen LogP) is 1.01. The number of carbonyl (C=O) groups is 3. The van der Waals surface area contributed by atoms with Crippen molar-refractivity contribution in [1.82, 2.24) is 20.4 Å². The van der Waals surface area contributed by atoms with Crippen molar-refractivity contribution >= 4 is 29.1 Å². The third-order valence-corrected chi connectivity index (χ3v) is 4.58. The molecule has 1 aliphatic rings. The summed E-state index contributed by atoms with van der Waals surface area (Å²) in [5.41, 5.74) is 0.858. The quantitative estimate of drug-likeness (QED) is 0.633. The maximum absolute atomic E-state index is 11.9. The van der Waals surface area contributed by atoms with Crippen molar-refractivity contribution < 1.29 is 23.6 Å². The second-order valence-corrected chi connectivity index (χ2v) is 7.06. The number of nitrogens with one attached hydrogen (secondary N) is 1. The van der Waals surface area contributed by atoms with Gasteiger partial charge in [-0.2, -0.15) is 16.3 Å². The Balaban J connectivity index is 1.35. The van der Waals surface area contributed by atoms with Crippen LogP contribution in [0, 0.1) is 0 Å². The first-order valence-corrected chi connectivity index (χ1v) is 9.49. The molecule has 0 spiro atoms. The third-order valence-electron chi connectivity index (χ3n) is 3.90. The predicted molar refractivity (Wildman–Crippen MR) is 95.7 cm³/mol. The number of nitrogens with zero attached hydrogens (tertiary/aromatic N) is 3. The van der Waals surface area contributed by atoms with E-state index < -0.39 is 18.5 Å². The van der Waals surface area contributed by atoms with Gasteiger partial charge in [0.25, 0.3) is 5.91 Å². The topological polar surface area (TPSA) is 115 Å². The molecule has 10 heteroatoms. The van der Waals surface area contributed by atoms with Crippen LogP contribution in [0.4, 0.5) is 0 Å². The van der Waals surface area contributed by atoms with E-state index in [0.717, 1.165) is 18.4 Å². The number of carbonyl (C=O) groups excluding carboxylic acids is 3. The van der Waals surface area contributed by atoms with Gasteiger partial charge in [0.2, 0.25) is 17.6 Å². The van der Waals surface area contributed by atoms with Crippen molar-refractivity contribution in [2.24, 2.45) is 0 Å². The van der Waals surface area contributed by atoms with Crippen molar-refractivity contribution in [1.29, 1.82) is 0 Å². The highest BCUT2D eigenvalue weighted by Crippen LogP contribution is 2.19. The van der Waals surface area contributed by atoms with E-state index in [2.05, 4.69) is 15.5 Å². The zero-order valence-corrected chi connectivity index (χ0v) is 15.7. The monoisotopic (exact) mass is 392 g/mol. The fraction of sp³-hybridized carbons (Fsp3) is 0.471. The first kappa shape index (κ1) is 19.0. The molecular weight excluding hydrogens is 372 g/mol. The SMILES string of the molecule is CN(CC(=O)NC1CC1)C(=O)COC(=O)CCc1nc(-c2ccsc2)no1. The molecule has 3 rings (SSSR count). The molecule has 2 aromatic heterocycles. The van der Waals surface area contributed by atoms with Crippen LogP contribution in [0.1, 0.15) is 25.2 Å². The van der Waals surface area contributed by atoms with Crippen LogP contribution in [-0.4, -0.2) is 59.1 Å². The molecule has 0 aliphatic heterocycles. The lowest BCUT2D eigenvalue weighted by Gasteiger charge is -2.16. The second kappa shape index (κ2) is 8.76. The standard InChI is InChI=1S/C17H20N4O5S/c1-21(8-13(22)18-12-2-3-12)15(23)9-25-16(24)5-4-14-19-17(20-26-14)11-6-7-27-10-11/h6-7,10,12H,2-5,8-9H2,1H3,(H,18,22). The normalized spacial score (nSPS) is 13.2. The molecule has 0 aromatic carbocycles. The van der Waals surface area contributed by atoms with Gasteiger partial charge in [-0.05, 0) is 24.3 Å². The Hall–Kier alpha value is -2.75. The van der Waals surface area contributed by atoms with Gasteiger partial charge in [-0.15, -0.1) is 0 Å². The van der Waals surface area contributed by atoms with Crippen molar-refractivity contribution in [3.05, 3.63) is 22.7 Å². The number of hydrogen-bond acceptors (Lipinski definition) is 8. The highest BCUT2D eigenvalue weighted by Gasteiger charge is 2.24. The third kappa shape index (κ3) is 5.88. The summed E-state index contributed by atoms with van der Waals surface area (Å²) in [7, 11) is 1.49. The smallest absolute Gasteiger partial charge is 0.306 e. The summed E-state index contributed by atoms with van der Waals surface area (Å²) in [6.45, 7) is -0.462. The van der Waals surface area contributed by atoms with Crippen molar-refractivity contribution in [2.75, 3.05) is 20.2 Å². The Bertz CT molecular complexity index is 800. The van der Waals surface area contributed by atoms with Gasteiger partial charge in [0.15, 0.2) is 6.61 Å². The largest absolute Gasteiger partial charge is 0.456 e. The molecule has 144 valence electrons. The molecule has 1 N–H and O–H groups in total. The molecular formula is C17H20N4O5S. The molecule has 2 heterocycles. The van der Waals surface area contributed by atoms with E-state index in [0.29, 0.717) is 11.7 Å². The lowest BCUT2D eigenvalue weighted by Crippen LogP contribution is -2.40. The molecule has 1 saturated carbocycles. The van der Waals surface area contributed by atoms with E-state index in [1.54, 1.807) is 0 Å². The second-order valence-electron chi connectivity index (χ2n) is 6.28. The summed E-state index contributed by atoms with van der Waals surface area (Å²) in [5.74, 6) is -0.395. The van der Waals surface area contributed by atoms with Crippen LogP contribution in [0.15, 0.2) is 21.3 Å². The summed E-state index contributed by atoms with van der Waals surface area (Å²) in [6, 6.07) is 2.12. The van der Waals surface area contributed by atoms with Gasteiger partial charge >= 0.3 is 5.97 Å². The van der Waals surface area contributed by atoms with E-state index in [1.807, 2.05) is 16.8 Å². The number of likely N-dealkylation sites (N-methyl/N-ethyl adjacent to an activating group) is 1. The number of ether oxygens (including phenoxy) is 1. The number of aryl methyl sites for hydroxylation is 1. The first-order valence-electron chi connectivity index (χ1n) is 8.55. The van der Waals surface area contributed by atoms with Gasteiger partial charge in [0, 0.05) is 30.5 Å². The molecule has 27 heavy (non-hydrogen) atoms. The Kier molecular flexibility index (Phi) is 6.17. The average Bonchev–Trinajstić information content (AvgIpc) is 3.13. The van der Waals surface area contributed by atoms with E-state index in [4.69, 9.17) is 9.26 Å². The molecule has 0 bridgehead atoms. The number of hydrogen-bond donors (Lipinski definition) is 1. The molecule has 0 radical (unpaired) electrons. The van der Waals surface area contributed by atoms with Gasteiger partial charge in [-0.25, -0.2) is 0 Å². The molecule has 1 aliphatic carbocycles. The Morgan fingerprint density at radius 3 is 2.93 bits per heavy atom. The lowest BCUT2D eigenvalue weighted by molar-refractivity contribution is -0.152. The zero-order chi connectivity index (χ0) is 19.2. The van der Waals surface area contributed by atoms with Gasteiger partial charge in [0.1, 0.15) is 0 Å². The highest BCUT2D eigenvalue weighted by atomic mass is 32.1. The fourth-order valence-electron chi connectivity index (χ4n) is 2.20.